The number of nitrogens with zero attached hydrogens (tertiary/aromatic N) is 6. The first kappa shape index (κ1) is 42.8. The Labute approximate surface area is 366 Å². The molecular formula is C52H60N6O4. The second kappa shape index (κ2) is 19.9. The van der Waals surface area contributed by atoms with E-state index in [-0.39, 0.29) is 25.0 Å². The van der Waals surface area contributed by atoms with Crippen LogP contribution in [-0.4, -0.2) is 110 Å². The number of aromatic nitrogens is 2. The van der Waals surface area contributed by atoms with Gasteiger partial charge in [-0.2, -0.15) is 0 Å². The number of esters is 2. The molecule has 0 saturated carbocycles. The molecule has 0 bridgehead atoms. The number of anilines is 2. The van der Waals surface area contributed by atoms with E-state index in [0.29, 0.717) is 12.8 Å². The second-order valence-electron chi connectivity index (χ2n) is 17.2. The van der Waals surface area contributed by atoms with Gasteiger partial charge in [-0.3, -0.25) is 0 Å². The maximum Gasteiger partial charge on any atom is 0.417 e. The molecule has 0 amide bonds. The lowest BCUT2D eigenvalue weighted by atomic mass is 9.99. The van der Waals surface area contributed by atoms with E-state index < -0.39 is 11.9 Å². The van der Waals surface area contributed by atoms with Gasteiger partial charge in [0.2, 0.25) is 0 Å². The van der Waals surface area contributed by atoms with E-state index >= 15 is 0 Å². The van der Waals surface area contributed by atoms with Gasteiger partial charge in [-0.05, 0) is 71.8 Å². The minimum Gasteiger partial charge on any atom is -0.457 e. The largest absolute Gasteiger partial charge is 0.457 e. The fourth-order valence-electron chi connectivity index (χ4n) is 8.79. The molecule has 4 aromatic carbocycles. The van der Waals surface area contributed by atoms with Crippen molar-refractivity contribution in [3.05, 3.63) is 120 Å². The monoisotopic (exact) mass is 832 g/mol. The molecule has 2 saturated heterocycles. The molecule has 0 radical (unpaired) electrons. The Morgan fingerprint density at radius 1 is 0.532 bits per heavy atom. The van der Waals surface area contributed by atoms with Crippen LogP contribution in [0, 0.1) is 11.8 Å². The number of carbonyl (C=O) groups excluding carboxylic acids is 2. The summed E-state index contributed by atoms with van der Waals surface area (Å²) in [4.78, 5) is 45.4. The number of hydrogen-bond acceptors (Lipinski definition) is 10. The summed E-state index contributed by atoms with van der Waals surface area (Å²) in [6.45, 7) is 18.9. The Morgan fingerprint density at radius 3 is 1.27 bits per heavy atom. The number of ether oxygens (including phenoxy) is 2. The molecule has 10 heteroatoms. The lowest BCUT2D eigenvalue weighted by molar-refractivity contribution is -0.169. The predicted molar refractivity (Wildman–Crippen MR) is 251 cm³/mol. The van der Waals surface area contributed by atoms with Gasteiger partial charge >= 0.3 is 11.9 Å². The highest BCUT2D eigenvalue weighted by atomic mass is 16.6. The minimum atomic E-state index is -0.951. The standard InChI is InChI=1S/C52H60N6O4/c1-5-55-23-27-57(28-24-55)49-45-13-9-7-11-43(45)33-47(53-49)41-19-15-39(16-20-41)31-37(3)35-61-51(59)52(60)62-36-38(4)32-40-17-21-42(22-18-40)48-34-44-12-8-10-14-46(44)50(54-48)58-29-25-56(6-2)26-30-58/h7-22,33-34,37-38H,5-6,23-32,35-36H2,1-4H3. The Morgan fingerprint density at radius 2 is 0.903 bits per heavy atom. The molecule has 2 fully saturated rings. The van der Waals surface area contributed by atoms with Crippen LogP contribution in [0.2, 0.25) is 0 Å². The summed E-state index contributed by atoms with van der Waals surface area (Å²) in [5.41, 5.74) is 6.28. The molecule has 0 spiro atoms. The number of benzene rings is 4. The Bertz CT molecular complexity index is 2280. The summed E-state index contributed by atoms with van der Waals surface area (Å²) in [5.74, 6) is 0.222. The van der Waals surface area contributed by atoms with Crippen LogP contribution in [0.25, 0.3) is 44.1 Å². The van der Waals surface area contributed by atoms with Crippen LogP contribution in [0.5, 0.6) is 0 Å². The molecule has 10 nitrogen and oxygen atoms in total. The first-order chi connectivity index (χ1) is 30.2. The van der Waals surface area contributed by atoms with Gasteiger partial charge in [-0.1, -0.05) is 125 Å². The molecule has 4 heterocycles. The summed E-state index contributed by atoms with van der Waals surface area (Å²) in [6.07, 6.45) is 1.40. The van der Waals surface area contributed by atoms with Gasteiger partial charge in [0.1, 0.15) is 11.6 Å². The number of carbonyl (C=O) groups is 2. The predicted octanol–water partition coefficient (Wildman–Crippen LogP) is 8.54. The van der Waals surface area contributed by atoms with Crippen molar-refractivity contribution in [1.29, 1.82) is 0 Å². The van der Waals surface area contributed by atoms with Gasteiger partial charge in [0.05, 0.1) is 24.6 Å². The molecule has 2 atom stereocenters. The van der Waals surface area contributed by atoms with E-state index in [2.05, 4.69) is 143 Å². The van der Waals surface area contributed by atoms with Gasteiger partial charge in [0, 0.05) is 74.3 Å². The third kappa shape index (κ3) is 10.3. The summed E-state index contributed by atoms with van der Waals surface area (Å²) in [7, 11) is 0. The van der Waals surface area contributed by atoms with Crippen molar-refractivity contribution >= 4 is 45.1 Å². The van der Waals surface area contributed by atoms with Gasteiger partial charge < -0.3 is 29.1 Å². The fourth-order valence-corrected chi connectivity index (χ4v) is 8.79. The van der Waals surface area contributed by atoms with Crippen molar-refractivity contribution in [2.75, 3.05) is 88.5 Å². The molecular weight excluding hydrogens is 773 g/mol. The van der Waals surface area contributed by atoms with Gasteiger partial charge in [0.25, 0.3) is 0 Å². The number of piperazine rings is 2. The van der Waals surface area contributed by atoms with Crippen LogP contribution in [0.4, 0.5) is 11.6 Å². The molecule has 2 aliphatic heterocycles. The van der Waals surface area contributed by atoms with Crippen LogP contribution in [0.1, 0.15) is 38.8 Å². The highest BCUT2D eigenvalue weighted by Gasteiger charge is 2.23. The number of likely N-dealkylation sites (N-methyl/N-ethyl adjacent to an activating group) is 2. The van der Waals surface area contributed by atoms with E-state index in [9.17, 15) is 9.59 Å². The number of fused-ring (bicyclic) bond motifs is 2. The second-order valence-corrected chi connectivity index (χ2v) is 17.2. The smallest absolute Gasteiger partial charge is 0.417 e. The average molecular weight is 833 g/mol. The van der Waals surface area contributed by atoms with Gasteiger partial charge in [-0.15, -0.1) is 0 Å². The Balaban J connectivity index is 0.799. The Kier molecular flexibility index (Phi) is 13.8. The maximum absolute atomic E-state index is 12.6. The van der Waals surface area contributed by atoms with Crippen LogP contribution in [0.3, 0.4) is 0 Å². The fraction of sp³-hybridized carbons (Fsp3) is 0.385. The molecule has 322 valence electrons. The van der Waals surface area contributed by atoms with E-state index in [1.165, 1.54) is 21.5 Å². The average Bonchev–Trinajstić information content (AvgIpc) is 3.32. The van der Waals surface area contributed by atoms with Crippen LogP contribution in [-0.2, 0) is 31.9 Å². The van der Waals surface area contributed by atoms with E-state index in [0.717, 1.165) is 111 Å². The molecule has 2 aromatic heterocycles. The van der Waals surface area contributed by atoms with Crippen LogP contribution >= 0.6 is 0 Å². The first-order valence-electron chi connectivity index (χ1n) is 22.5. The normalized spacial score (nSPS) is 16.1. The lowest BCUT2D eigenvalue weighted by Gasteiger charge is -2.35. The lowest BCUT2D eigenvalue weighted by Crippen LogP contribution is -2.46. The molecule has 0 N–H and O–H groups in total. The van der Waals surface area contributed by atoms with E-state index in [1.807, 2.05) is 13.8 Å². The topological polar surface area (TPSA) is 91.3 Å². The van der Waals surface area contributed by atoms with Crippen molar-refractivity contribution in [1.82, 2.24) is 19.8 Å². The van der Waals surface area contributed by atoms with Crippen molar-refractivity contribution < 1.29 is 19.1 Å². The van der Waals surface area contributed by atoms with Crippen LogP contribution < -0.4 is 9.80 Å². The molecule has 8 rings (SSSR count). The van der Waals surface area contributed by atoms with Gasteiger partial charge in [-0.25, -0.2) is 19.6 Å². The molecule has 0 aliphatic carbocycles. The zero-order valence-electron chi connectivity index (χ0n) is 36.8. The summed E-state index contributed by atoms with van der Waals surface area (Å²) >= 11 is 0. The van der Waals surface area contributed by atoms with E-state index in [1.54, 1.807) is 0 Å². The SMILES string of the molecule is CCN1CCN(c2nc(-c3ccc(CC(C)COC(=O)C(=O)OCC(C)Cc4ccc(-c5cc6ccccc6c(N6CCN(CC)CC6)n5)cc4)cc3)cc3ccccc23)CC1. The van der Waals surface area contributed by atoms with Crippen molar-refractivity contribution in [3.63, 3.8) is 0 Å². The summed E-state index contributed by atoms with van der Waals surface area (Å²) < 4.78 is 10.8. The minimum absolute atomic E-state index is 0.0135. The Hall–Kier alpha value is -5.84. The van der Waals surface area contributed by atoms with Crippen molar-refractivity contribution in [3.8, 4) is 22.5 Å². The third-order valence-corrected chi connectivity index (χ3v) is 12.5. The molecule has 62 heavy (non-hydrogen) atoms. The van der Waals surface area contributed by atoms with E-state index in [4.69, 9.17) is 19.4 Å². The zero-order valence-corrected chi connectivity index (χ0v) is 36.8. The van der Waals surface area contributed by atoms with Crippen molar-refractivity contribution in [2.45, 2.75) is 40.5 Å². The summed E-state index contributed by atoms with van der Waals surface area (Å²) in [5, 5.41) is 4.73. The first-order valence-corrected chi connectivity index (χ1v) is 22.5. The highest BCUT2D eigenvalue weighted by Crippen LogP contribution is 2.33. The molecule has 2 aliphatic rings. The number of rotatable bonds is 14. The number of hydrogen-bond donors (Lipinski definition) is 0. The quantitative estimate of drug-likeness (QED) is 0.0786. The molecule has 6 aromatic rings. The maximum atomic E-state index is 12.6. The van der Waals surface area contributed by atoms with Gasteiger partial charge in [0.15, 0.2) is 0 Å². The molecule has 2 unspecified atom stereocenters. The highest BCUT2D eigenvalue weighted by molar-refractivity contribution is 6.29. The van der Waals surface area contributed by atoms with Crippen molar-refractivity contribution in [2.24, 2.45) is 11.8 Å². The number of pyridine rings is 2. The summed E-state index contributed by atoms with van der Waals surface area (Å²) in [6, 6.07) is 38.2. The third-order valence-electron chi connectivity index (χ3n) is 12.5. The van der Waals surface area contributed by atoms with Crippen LogP contribution in [0.15, 0.2) is 109 Å². The zero-order chi connectivity index (χ0) is 43.0.